The largest absolute Gasteiger partial charge is 0.381 e. The van der Waals surface area contributed by atoms with Gasteiger partial charge in [-0.2, -0.15) is 0 Å². The predicted octanol–water partition coefficient (Wildman–Crippen LogP) is 2.74. The molecular weight excluding hydrogens is 226 g/mol. The van der Waals surface area contributed by atoms with Crippen LogP contribution in [-0.4, -0.2) is 25.2 Å². The first-order chi connectivity index (χ1) is 8.66. The Morgan fingerprint density at radius 3 is 2.50 bits per heavy atom. The van der Waals surface area contributed by atoms with Gasteiger partial charge in [0.1, 0.15) is 0 Å². The number of rotatable bonds is 3. The highest BCUT2D eigenvalue weighted by Gasteiger charge is 2.29. The van der Waals surface area contributed by atoms with E-state index in [2.05, 4.69) is 19.2 Å². The lowest BCUT2D eigenvalue weighted by molar-refractivity contribution is -0.124. The van der Waals surface area contributed by atoms with Crippen molar-refractivity contribution < 1.29 is 9.53 Å². The molecule has 2 fully saturated rings. The van der Waals surface area contributed by atoms with Crippen molar-refractivity contribution in [1.29, 1.82) is 0 Å². The van der Waals surface area contributed by atoms with Crippen molar-refractivity contribution in [3.63, 3.8) is 0 Å². The van der Waals surface area contributed by atoms with Crippen LogP contribution < -0.4 is 5.32 Å². The lowest BCUT2D eigenvalue weighted by Gasteiger charge is -2.35. The highest BCUT2D eigenvalue weighted by molar-refractivity contribution is 5.76. The fourth-order valence-corrected chi connectivity index (χ4v) is 3.44. The van der Waals surface area contributed by atoms with Gasteiger partial charge in [0.2, 0.25) is 5.91 Å². The number of amides is 1. The molecule has 0 aromatic carbocycles. The van der Waals surface area contributed by atoms with Gasteiger partial charge in [0, 0.05) is 25.7 Å². The predicted molar refractivity (Wildman–Crippen MR) is 72.3 cm³/mol. The normalized spacial score (nSPS) is 37.2. The summed E-state index contributed by atoms with van der Waals surface area (Å²) in [5.74, 6) is 1.92. The topological polar surface area (TPSA) is 38.3 Å². The van der Waals surface area contributed by atoms with Gasteiger partial charge >= 0.3 is 0 Å². The Balaban J connectivity index is 1.78. The van der Waals surface area contributed by atoms with Crippen molar-refractivity contribution >= 4 is 5.91 Å². The standard InChI is InChI=1S/C15H27NO2/c1-11-5-3-6-12(2)15(11)16-14(17)9-13-7-4-8-18-10-13/h11-13,15H,3-10H2,1-2H3,(H,16,17)/t11-,12+,13-,15?/m1/s1. The molecule has 0 aromatic heterocycles. The van der Waals surface area contributed by atoms with Crippen LogP contribution in [0, 0.1) is 17.8 Å². The maximum Gasteiger partial charge on any atom is 0.220 e. The Kier molecular flexibility index (Phi) is 5.04. The molecule has 1 aliphatic heterocycles. The van der Waals surface area contributed by atoms with Gasteiger partial charge in [0.25, 0.3) is 0 Å². The summed E-state index contributed by atoms with van der Waals surface area (Å²) in [5, 5.41) is 3.27. The Morgan fingerprint density at radius 2 is 1.89 bits per heavy atom. The van der Waals surface area contributed by atoms with Gasteiger partial charge in [-0.25, -0.2) is 0 Å². The lowest BCUT2D eigenvalue weighted by Crippen LogP contribution is -2.46. The van der Waals surface area contributed by atoms with E-state index in [9.17, 15) is 4.79 Å². The fourth-order valence-electron chi connectivity index (χ4n) is 3.44. The van der Waals surface area contributed by atoms with Crippen LogP contribution in [0.4, 0.5) is 0 Å². The summed E-state index contributed by atoms with van der Waals surface area (Å²) in [6.07, 6.45) is 6.71. The minimum atomic E-state index is 0.233. The molecular formula is C15H27NO2. The SMILES string of the molecule is C[C@@H]1CCC[C@H](C)C1NC(=O)C[C@H]1CCCOC1. The number of hydrogen-bond acceptors (Lipinski definition) is 2. The van der Waals surface area contributed by atoms with E-state index in [1.807, 2.05) is 0 Å². The second-order valence-electron chi connectivity index (χ2n) is 6.27. The third-order valence-corrected chi connectivity index (χ3v) is 4.60. The summed E-state index contributed by atoms with van der Waals surface area (Å²) >= 11 is 0. The van der Waals surface area contributed by atoms with Crippen LogP contribution in [0.1, 0.15) is 52.4 Å². The Morgan fingerprint density at radius 1 is 1.17 bits per heavy atom. The molecule has 1 saturated carbocycles. The fraction of sp³-hybridized carbons (Fsp3) is 0.933. The van der Waals surface area contributed by atoms with E-state index in [1.165, 1.54) is 19.3 Å². The first kappa shape index (κ1) is 13.9. The zero-order chi connectivity index (χ0) is 13.0. The molecule has 1 N–H and O–H groups in total. The van der Waals surface area contributed by atoms with Crippen molar-refractivity contribution in [1.82, 2.24) is 5.32 Å². The average Bonchev–Trinajstić information content (AvgIpc) is 2.35. The summed E-state index contributed by atoms with van der Waals surface area (Å²) in [5.41, 5.74) is 0. The maximum absolute atomic E-state index is 12.1. The van der Waals surface area contributed by atoms with E-state index in [4.69, 9.17) is 4.74 Å². The van der Waals surface area contributed by atoms with E-state index in [1.54, 1.807) is 0 Å². The Hall–Kier alpha value is -0.570. The third kappa shape index (κ3) is 3.71. The van der Waals surface area contributed by atoms with Crippen molar-refractivity contribution in [2.45, 2.75) is 58.4 Å². The van der Waals surface area contributed by atoms with Crippen molar-refractivity contribution in [3.05, 3.63) is 0 Å². The summed E-state index contributed by atoms with van der Waals surface area (Å²) < 4.78 is 5.44. The number of ether oxygens (including phenoxy) is 1. The van der Waals surface area contributed by atoms with Crippen LogP contribution in [0.25, 0.3) is 0 Å². The second kappa shape index (κ2) is 6.55. The quantitative estimate of drug-likeness (QED) is 0.840. The van der Waals surface area contributed by atoms with Crippen molar-refractivity contribution in [2.24, 2.45) is 17.8 Å². The first-order valence-electron chi connectivity index (χ1n) is 7.54. The number of hydrogen-bond donors (Lipinski definition) is 1. The van der Waals surface area contributed by atoms with Crippen molar-refractivity contribution in [2.75, 3.05) is 13.2 Å². The molecule has 1 saturated heterocycles. The molecule has 1 amide bonds. The van der Waals surface area contributed by atoms with Gasteiger partial charge in [-0.3, -0.25) is 4.79 Å². The van der Waals surface area contributed by atoms with Crippen LogP contribution in [0.3, 0.4) is 0 Å². The third-order valence-electron chi connectivity index (χ3n) is 4.60. The van der Waals surface area contributed by atoms with E-state index >= 15 is 0 Å². The summed E-state index contributed by atoms with van der Waals surface area (Å²) in [7, 11) is 0. The van der Waals surface area contributed by atoms with Crippen LogP contribution >= 0.6 is 0 Å². The summed E-state index contributed by atoms with van der Waals surface area (Å²) in [6.45, 7) is 6.17. The Bertz CT molecular complexity index is 264. The zero-order valence-corrected chi connectivity index (χ0v) is 11.8. The second-order valence-corrected chi connectivity index (χ2v) is 6.27. The molecule has 2 rings (SSSR count). The molecule has 3 nitrogen and oxygen atoms in total. The monoisotopic (exact) mass is 253 g/mol. The van der Waals surface area contributed by atoms with E-state index in [-0.39, 0.29) is 5.91 Å². The first-order valence-corrected chi connectivity index (χ1v) is 7.54. The minimum absolute atomic E-state index is 0.233. The molecule has 3 heteroatoms. The molecule has 0 spiro atoms. The lowest BCUT2D eigenvalue weighted by atomic mass is 9.78. The van der Waals surface area contributed by atoms with Crippen LogP contribution in [0.5, 0.6) is 0 Å². The molecule has 0 radical (unpaired) electrons. The Labute approximate surface area is 111 Å². The molecule has 0 bridgehead atoms. The molecule has 104 valence electrons. The average molecular weight is 253 g/mol. The van der Waals surface area contributed by atoms with Crippen LogP contribution in [0.2, 0.25) is 0 Å². The zero-order valence-electron chi connectivity index (χ0n) is 11.8. The highest BCUT2D eigenvalue weighted by atomic mass is 16.5. The van der Waals surface area contributed by atoms with Crippen LogP contribution in [0.15, 0.2) is 0 Å². The molecule has 18 heavy (non-hydrogen) atoms. The molecule has 0 aromatic rings. The van der Waals surface area contributed by atoms with Gasteiger partial charge in [-0.15, -0.1) is 0 Å². The van der Waals surface area contributed by atoms with Gasteiger partial charge < -0.3 is 10.1 Å². The van der Waals surface area contributed by atoms with E-state index in [0.717, 1.165) is 26.1 Å². The van der Waals surface area contributed by atoms with Gasteiger partial charge in [-0.05, 0) is 43.4 Å². The summed E-state index contributed by atoms with van der Waals surface area (Å²) in [6, 6.07) is 0.385. The van der Waals surface area contributed by atoms with Gasteiger partial charge in [0.15, 0.2) is 0 Å². The smallest absolute Gasteiger partial charge is 0.220 e. The van der Waals surface area contributed by atoms with Gasteiger partial charge in [0.05, 0.1) is 0 Å². The number of carbonyl (C=O) groups is 1. The molecule has 1 unspecified atom stereocenters. The van der Waals surface area contributed by atoms with Crippen molar-refractivity contribution in [3.8, 4) is 0 Å². The summed E-state index contributed by atoms with van der Waals surface area (Å²) in [4.78, 5) is 12.1. The highest BCUT2D eigenvalue weighted by Crippen LogP contribution is 2.29. The van der Waals surface area contributed by atoms with E-state index in [0.29, 0.717) is 30.2 Å². The molecule has 1 heterocycles. The number of carbonyl (C=O) groups excluding carboxylic acids is 1. The minimum Gasteiger partial charge on any atom is -0.381 e. The molecule has 2 aliphatic rings. The molecule has 1 aliphatic carbocycles. The number of nitrogens with one attached hydrogen (secondary N) is 1. The van der Waals surface area contributed by atoms with Crippen LogP contribution in [-0.2, 0) is 9.53 Å². The molecule has 4 atom stereocenters. The maximum atomic E-state index is 12.1. The van der Waals surface area contributed by atoms with Gasteiger partial charge in [-0.1, -0.05) is 20.3 Å². The van der Waals surface area contributed by atoms with E-state index < -0.39 is 0 Å².